The normalized spacial score (nSPS) is 28.2. The SMILES string of the molecule is CCC1CNC(CC)(CC)N1CC. The van der Waals surface area contributed by atoms with Crippen LogP contribution in [0.1, 0.15) is 47.0 Å². The fourth-order valence-electron chi connectivity index (χ4n) is 2.70. The second-order valence-corrected chi connectivity index (χ2v) is 3.97. The van der Waals surface area contributed by atoms with Crippen LogP contribution in [0.15, 0.2) is 0 Å². The summed E-state index contributed by atoms with van der Waals surface area (Å²) < 4.78 is 0. The van der Waals surface area contributed by atoms with E-state index >= 15 is 0 Å². The summed E-state index contributed by atoms with van der Waals surface area (Å²) in [4.78, 5) is 2.65. The van der Waals surface area contributed by atoms with E-state index < -0.39 is 0 Å². The molecule has 1 N–H and O–H groups in total. The molecule has 1 atom stereocenters. The van der Waals surface area contributed by atoms with E-state index in [4.69, 9.17) is 0 Å². The Morgan fingerprint density at radius 3 is 2.23 bits per heavy atom. The molecule has 0 aromatic rings. The molecule has 1 rings (SSSR count). The molecule has 0 saturated carbocycles. The van der Waals surface area contributed by atoms with E-state index in [9.17, 15) is 0 Å². The molecular formula is C11H24N2. The molecule has 13 heavy (non-hydrogen) atoms. The molecule has 1 aliphatic heterocycles. The Labute approximate surface area is 82.7 Å². The summed E-state index contributed by atoms with van der Waals surface area (Å²) in [5, 5.41) is 3.70. The Hall–Kier alpha value is -0.0800. The van der Waals surface area contributed by atoms with Gasteiger partial charge >= 0.3 is 0 Å². The molecule has 1 unspecified atom stereocenters. The highest BCUT2D eigenvalue weighted by atomic mass is 15.4. The van der Waals surface area contributed by atoms with Crippen LogP contribution in [0, 0.1) is 0 Å². The van der Waals surface area contributed by atoms with Gasteiger partial charge in [0.1, 0.15) is 0 Å². The zero-order valence-corrected chi connectivity index (χ0v) is 9.56. The number of likely N-dealkylation sites (N-methyl/N-ethyl adjacent to an activating group) is 1. The maximum Gasteiger partial charge on any atom is 0.0710 e. The van der Waals surface area contributed by atoms with Gasteiger partial charge in [-0.3, -0.25) is 10.2 Å². The zero-order chi connectivity index (χ0) is 9.90. The summed E-state index contributed by atoms with van der Waals surface area (Å²) in [5.41, 5.74) is 0.301. The van der Waals surface area contributed by atoms with E-state index in [2.05, 4.69) is 37.9 Å². The molecular weight excluding hydrogens is 160 g/mol. The molecule has 78 valence electrons. The van der Waals surface area contributed by atoms with Crippen LogP contribution in [0.2, 0.25) is 0 Å². The monoisotopic (exact) mass is 184 g/mol. The highest BCUT2D eigenvalue weighted by Crippen LogP contribution is 2.29. The zero-order valence-electron chi connectivity index (χ0n) is 9.56. The lowest BCUT2D eigenvalue weighted by Crippen LogP contribution is -2.51. The van der Waals surface area contributed by atoms with Gasteiger partial charge in [-0.25, -0.2) is 0 Å². The van der Waals surface area contributed by atoms with E-state index in [1.165, 1.54) is 32.4 Å². The predicted molar refractivity (Wildman–Crippen MR) is 57.8 cm³/mol. The van der Waals surface area contributed by atoms with Crippen molar-refractivity contribution in [3.8, 4) is 0 Å². The first-order valence-electron chi connectivity index (χ1n) is 5.75. The van der Waals surface area contributed by atoms with Gasteiger partial charge in [-0.1, -0.05) is 27.7 Å². The average molecular weight is 184 g/mol. The van der Waals surface area contributed by atoms with E-state index in [-0.39, 0.29) is 0 Å². The van der Waals surface area contributed by atoms with Crippen LogP contribution in [0.3, 0.4) is 0 Å². The molecule has 0 amide bonds. The van der Waals surface area contributed by atoms with Gasteiger partial charge in [-0.05, 0) is 25.8 Å². The molecule has 0 aromatic heterocycles. The lowest BCUT2D eigenvalue weighted by atomic mass is 10.0. The van der Waals surface area contributed by atoms with Crippen molar-refractivity contribution < 1.29 is 0 Å². The molecule has 0 bridgehead atoms. The highest BCUT2D eigenvalue weighted by molar-refractivity contribution is 4.96. The largest absolute Gasteiger partial charge is 0.298 e. The maximum absolute atomic E-state index is 3.70. The van der Waals surface area contributed by atoms with Gasteiger partial charge in [0.15, 0.2) is 0 Å². The number of nitrogens with zero attached hydrogens (tertiary/aromatic N) is 1. The molecule has 0 radical (unpaired) electrons. The van der Waals surface area contributed by atoms with Crippen molar-refractivity contribution in [2.75, 3.05) is 13.1 Å². The van der Waals surface area contributed by atoms with E-state index in [0.29, 0.717) is 5.66 Å². The maximum atomic E-state index is 3.70. The first-order chi connectivity index (χ1) is 6.24. The van der Waals surface area contributed by atoms with Crippen molar-refractivity contribution in [3.63, 3.8) is 0 Å². The van der Waals surface area contributed by atoms with Gasteiger partial charge in [0.25, 0.3) is 0 Å². The van der Waals surface area contributed by atoms with Crippen LogP contribution in [0.4, 0.5) is 0 Å². The summed E-state index contributed by atoms with van der Waals surface area (Å²) in [6.45, 7) is 11.5. The standard InChI is InChI=1S/C11H24N2/c1-5-10-9-12-11(6-2,7-3)13(10)8-4/h10,12H,5-9H2,1-4H3. The third kappa shape index (κ3) is 1.75. The number of hydrogen-bond acceptors (Lipinski definition) is 2. The van der Waals surface area contributed by atoms with E-state index in [1.54, 1.807) is 0 Å². The first-order valence-corrected chi connectivity index (χ1v) is 5.75. The highest BCUT2D eigenvalue weighted by Gasteiger charge is 2.41. The summed E-state index contributed by atoms with van der Waals surface area (Å²) in [7, 11) is 0. The number of nitrogens with one attached hydrogen (secondary N) is 1. The number of rotatable bonds is 4. The molecule has 1 fully saturated rings. The molecule has 2 heteroatoms. The molecule has 2 nitrogen and oxygen atoms in total. The van der Waals surface area contributed by atoms with Crippen molar-refractivity contribution in [1.29, 1.82) is 0 Å². The van der Waals surface area contributed by atoms with Crippen molar-refractivity contribution in [3.05, 3.63) is 0 Å². The third-order valence-corrected chi connectivity index (χ3v) is 3.64. The Bertz CT molecular complexity index is 152. The van der Waals surface area contributed by atoms with Crippen LogP contribution in [-0.2, 0) is 0 Å². The topological polar surface area (TPSA) is 15.3 Å². The molecule has 0 aromatic carbocycles. The summed E-state index contributed by atoms with van der Waals surface area (Å²) in [6, 6.07) is 0.755. The van der Waals surface area contributed by atoms with E-state index in [0.717, 1.165) is 6.04 Å². The van der Waals surface area contributed by atoms with Crippen LogP contribution < -0.4 is 5.32 Å². The van der Waals surface area contributed by atoms with Crippen LogP contribution in [0.25, 0.3) is 0 Å². The Morgan fingerprint density at radius 2 is 1.85 bits per heavy atom. The summed E-state index contributed by atoms with van der Waals surface area (Å²) in [5.74, 6) is 0. The quantitative estimate of drug-likeness (QED) is 0.720. The van der Waals surface area contributed by atoms with Gasteiger partial charge in [0, 0.05) is 12.6 Å². The lowest BCUT2D eigenvalue weighted by Gasteiger charge is -2.38. The fourth-order valence-corrected chi connectivity index (χ4v) is 2.70. The van der Waals surface area contributed by atoms with Gasteiger partial charge in [0.05, 0.1) is 5.66 Å². The minimum atomic E-state index is 0.301. The summed E-state index contributed by atoms with van der Waals surface area (Å²) >= 11 is 0. The van der Waals surface area contributed by atoms with Crippen molar-refractivity contribution in [2.45, 2.75) is 58.7 Å². The van der Waals surface area contributed by atoms with Crippen LogP contribution in [0.5, 0.6) is 0 Å². The minimum absolute atomic E-state index is 0.301. The second-order valence-electron chi connectivity index (χ2n) is 3.97. The lowest BCUT2D eigenvalue weighted by molar-refractivity contribution is 0.0818. The fraction of sp³-hybridized carbons (Fsp3) is 1.00. The summed E-state index contributed by atoms with van der Waals surface area (Å²) in [6.07, 6.45) is 3.70. The van der Waals surface area contributed by atoms with Gasteiger partial charge in [-0.2, -0.15) is 0 Å². The van der Waals surface area contributed by atoms with Gasteiger partial charge in [-0.15, -0.1) is 0 Å². The third-order valence-electron chi connectivity index (χ3n) is 3.64. The average Bonchev–Trinajstić information content (AvgIpc) is 2.55. The van der Waals surface area contributed by atoms with E-state index in [1.807, 2.05) is 0 Å². The molecule has 1 saturated heterocycles. The van der Waals surface area contributed by atoms with Crippen molar-refractivity contribution in [2.24, 2.45) is 0 Å². The van der Waals surface area contributed by atoms with Crippen LogP contribution >= 0.6 is 0 Å². The Morgan fingerprint density at radius 1 is 1.23 bits per heavy atom. The smallest absolute Gasteiger partial charge is 0.0710 e. The first kappa shape index (κ1) is 11.0. The Kier molecular flexibility index (Phi) is 3.74. The molecule has 1 aliphatic rings. The van der Waals surface area contributed by atoms with Gasteiger partial charge < -0.3 is 0 Å². The molecule has 0 aliphatic carbocycles. The molecule has 0 spiro atoms. The predicted octanol–water partition coefficient (Wildman–Crippen LogP) is 2.21. The minimum Gasteiger partial charge on any atom is -0.298 e. The van der Waals surface area contributed by atoms with Gasteiger partial charge in [0.2, 0.25) is 0 Å². The van der Waals surface area contributed by atoms with Crippen LogP contribution in [-0.4, -0.2) is 29.7 Å². The molecule has 1 heterocycles. The Balaban J connectivity index is 2.75. The van der Waals surface area contributed by atoms with Crippen molar-refractivity contribution in [1.82, 2.24) is 10.2 Å². The van der Waals surface area contributed by atoms with Crippen molar-refractivity contribution >= 4 is 0 Å². The number of hydrogen-bond donors (Lipinski definition) is 1. The second kappa shape index (κ2) is 4.43.